The molecule has 3 rings (SSSR count). The quantitative estimate of drug-likeness (QED) is 0.838. The first kappa shape index (κ1) is 17.2. The van der Waals surface area contributed by atoms with Crippen molar-refractivity contribution >= 4 is 6.03 Å². The highest BCUT2D eigenvalue weighted by atomic mass is 16.5. The second-order valence-electron chi connectivity index (χ2n) is 7.00. The Hall–Kier alpha value is -1.63. The van der Waals surface area contributed by atoms with E-state index in [4.69, 9.17) is 4.74 Å². The van der Waals surface area contributed by atoms with Crippen molar-refractivity contribution in [1.29, 1.82) is 0 Å². The lowest BCUT2D eigenvalue weighted by molar-refractivity contribution is -0.00279. The molecule has 1 saturated carbocycles. The number of likely N-dealkylation sites (tertiary alicyclic amines) is 1. The van der Waals surface area contributed by atoms with E-state index in [1.807, 2.05) is 9.58 Å². The molecule has 2 fully saturated rings. The normalized spacial score (nSPS) is 25.6. The van der Waals surface area contributed by atoms with Crippen molar-refractivity contribution in [3.63, 3.8) is 0 Å². The van der Waals surface area contributed by atoms with Gasteiger partial charge in [0.25, 0.3) is 0 Å². The number of piperidine rings is 1. The second kappa shape index (κ2) is 8.46. The molecule has 7 heteroatoms. The van der Waals surface area contributed by atoms with Gasteiger partial charge in [-0.05, 0) is 31.6 Å². The third-order valence-corrected chi connectivity index (χ3v) is 5.31. The smallest absolute Gasteiger partial charge is 0.317 e. The number of aromatic nitrogens is 3. The minimum atomic E-state index is 0.0207. The molecule has 1 aromatic rings. The van der Waals surface area contributed by atoms with Crippen LogP contribution in [-0.2, 0) is 4.74 Å². The van der Waals surface area contributed by atoms with Crippen LogP contribution in [0.25, 0.3) is 0 Å². The molecule has 24 heavy (non-hydrogen) atoms. The number of hydrogen-bond acceptors (Lipinski definition) is 4. The van der Waals surface area contributed by atoms with Crippen molar-refractivity contribution in [3.8, 4) is 0 Å². The highest BCUT2D eigenvalue weighted by Crippen LogP contribution is 2.26. The highest BCUT2D eigenvalue weighted by molar-refractivity contribution is 5.74. The maximum atomic E-state index is 12.2. The van der Waals surface area contributed by atoms with E-state index in [0.29, 0.717) is 31.2 Å². The Bertz CT molecular complexity index is 499. The lowest BCUT2D eigenvalue weighted by atomic mass is 9.88. The van der Waals surface area contributed by atoms with Crippen LogP contribution in [0.3, 0.4) is 0 Å². The Balaban J connectivity index is 1.31. The fraction of sp³-hybridized carbons (Fsp3) is 0.824. The first-order valence-corrected chi connectivity index (χ1v) is 9.22. The van der Waals surface area contributed by atoms with Crippen LogP contribution in [0.15, 0.2) is 12.7 Å². The zero-order valence-corrected chi connectivity index (χ0v) is 14.6. The fourth-order valence-electron chi connectivity index (χ4n) is 3.75. The van der Waals surface area contributed by atoms with E-state index in [9.17, 15) is 4.79 Å². The third-order valence-electron chi connectivity index (χ3n) is 5.31. The van der Waals surface area contributed by atoms with E-state index in [1.165, 1.54) is 19.3 Å². The molecular weight excluding hydrogens is 306 g/mol. The summed E-state index contributed by atoms with van der Waals surface area (Å²) >= 11 is 0. The number of nitrogens with one attached hydrogen (secondary N) is 1. The van der Waals surface area contributed by atoms with Gasteiger partial charge in [0.2, 0.25) is 0 Å². The first-order valence-electron chi connectivity index (χ1n) is 9.22. The largest absolute Gasteiger partial charge is 0.376 e. The van der Waals surface area contributed by atoms with Crippen LogP contribution in [0.4, 0.5) is 4.79 Å². The summed E-state index contributed by atoms with van der Waals surface area (Å²) in [6, 6.07) is 0.375. The maximum Gasteiger partial charge on any atom is 0.317 e. The van der Waals surface area contributed by atoms with Gasteiger partial charge >= 0.3 is 6.03 Å². The Morgan fingerprint density at radius 1 is 1.25 bits per heavy atom. The molecule has 1 N–H and O–H groups in total. The van der Waals surface area contributed by atoms with Gasteiger partial charge < -0.3 is 15.0 Å². The molecule has 1 aliphatic carbocycles. The molecule has 2 atom stereocenters. The van der Waals surface area contributed by atoms with Gasteiger partial charge in [-0.2, -0.15) is 5.10 Å². The molecule has 1 saturated heterocycles. The van der Waals surface area contributed by atoms with E-state index >= 15 is 0 Å². The van der Waals surface area contributed by atoms with Crippen LogP contribution in [0.2, 0.25) is 0 Å². The zero-order chi connectivity index (χ0) is 16.8. The summed E-state index contributed by atoms with van der Waals surface area (Å²) in [5.41, 5.74) is 0. The van der Waals surface area contributed by atoms with Crippen molar-refractivity contribution in [2.75, 3.05) is 26.2 Å². The summed E-state index contributed by atoms with van der Waals surface area (Å²) < 4.78 is 7.84. The Morgan fingerprint density at radius 2 is 2.04 bits per heavy atom. The van der Waals surface area contributed by atoms with Crippen LogP contribution in [0.5, 0.6) is 0 Å². The minimum absolute atomic E-state index is 0.0207. The summed E-state index contributed by atoms with van der Waals surface area (Å²) in [5, 5.41) is 7.17. The van der Waals surface area contributed by atoms with Crippen molar-refractivity contribution in [3.05, 3.63) is 12.7 Å². The molecule has 0 aromatic carbocycles. The molecular formula is C17H29N5O2. The number of carbonyl (C=O) groups excluding carboxylic acids is 1. The van der Waals surface area contributed by atoms with E-state index in [2.05, 4.69) is 22.3 Å². The van der Waals surface area contributed by atoms with E-state index in [0.717, 1.165) is 32.4 Å². The summed E-state index contributed by atoms with van der Waals surface area (Å²) in [7, 11) is 0. The number of rotatable bonds is 5. The lowest BCUT2D eigenvalue weighted by Gasteiger charge is -2.32. The van der Waals surface area contributed by atoms with Gasteiger partial charge in [-0.25, -0.2) is 14.5 Å². The molecule has 0 bridgehead atoms. The Morgan fingerprint density at radius 3 is 2.75 bits per heavy atom. The molecule has 134 valence electrons. The standard InChI is InChI=1S/C17H29N5O2/c1-14-4-2-3-5-16(14)24-11-8-19-17(23)21-9-6-15(7-10-21)22-13-18-12-20-22/h12-16H,2-11H2,1H3,(H,19,23)/t14-,16+/m0/s1. The average molecular weight is 335 g/mol. The van der Waals surface area contributed by atoms with E-state index in [1.54, 1.807) is 12.7 Å². The zero-order valence-electron chi connectivity index (χ0n) is 14.6. The number of hydrogen-bond donors (Lipinski definition) is 1. The number of ether oxygens (including phenoxy) is 1. The number of amides is 2. The minimum Gasteiger partial charge on any atom is -0.376 e. The Labute approximate surface area is 143 Å². The molecule has 1 aliphatic heterocycles. The molecule has 2 heterocycles. The number of urea groups is 1. The lowest BCUT2D eigenvalue weighted by Crippen LogP contribution is -2.45. The topological polar surface area (TPSA) is 72.3 Å². The van der Waals surface area contributed by atoms with Crippen LogP contribution in [0, 0.1) is 5.92 Å². The molecule has 0 spiro atoms. The van der Waals surface area contributed by atoms with Gasteiger partial charge in [0, 0.05) is 19.6 Å². The molecule has 0 radical (unpaired) electrons. The predicted octanol–water partition coefficient (Wildman–Crippen LogP) is 2.22. The van der Waals surface area contributed by atoms with Gasteiger partial charge in [0.15, 0.2) is 0 Å². The average Bonchev–Trinajstić information content (AvgIpc) is 3.15. The first-order chi connectivity index (χ1) is 11.7. The van der Waals surface area contributed by atoms with Crippen LogP contribution < -0.4 is 5.32 Å². The van der Waals surface area contributed by atoms with Crippen LogP contribution in [-0.4, -0.2) is 58.0 Å². The molecule has 7 nitrogen and oxygen atoms in total. The van der Waals surface area contributed by atoms with Crippen LogP contribution in [0.1, 0.15) is 51.5 Å². The summed E-state index contributed by atoms with van der Waals surface area (Å²) in [6.07, 6.45) is 10.5. The van der Waals surface area contributed by atoms with Gasteiger partial charge in [0.05, 0.1) is 18.8 Å². The molecule has 0 unspecified atom stereocenters. The molecule has 1 aromatic heterocycles. The van der Waals surface area contributed by atoms with Crippen molar-refractivity contribution in [2.45, 2.75) is 57.6 Å². The van der Waals surface area contributed by atoms with Gasteiger partial charge in [-0.15, -0.1) is 0 Å². The van der Waals surface area contributed by atoms with Gasteiger partial charge in [0.1, 0.15) is 12.7 Å². The Kier molecular flexibility index (Phi) is 6.07. The number of carbonyl (C=O) groups is 1. The molecule has 2 amide bonds. The SMILES string of the molecule is C[C@H]1CCCC[C@H]1OCCNC(=O)N1CCC(n2cncn2)CC1. The van der Waals surface area contributed by atoms with Crippen molar-refractivity contribution < 1.29 is 9.53 Å². The van der Waals surface area contributed by atoms with Gasteiger partial charge in [-0.3, -0.25) is 0 Å². The summed E-state index contributed by atoms with van der Waals surface area (Å²) in [5.74, 6) is 0.644. The predicted molar refractivity (Wildman–Crippen MR) is 90.6 cm³/mol. The summed E-state index contributed by atoms with van der Waals surface area (Å²) in [4.78, 5) is 18.1. The van der Waals surface area contributed by atoms with E-state index < -0.39 is 0 Å². The van der Waals surface area contributed by atoms with Crippen molar-refractivity contribution in [2.24, 2.45) is 5.92 Å². The number of nitrogens with zero attached hydrogens (tertiary/aromatic N) is 4. The third kappa shape index (κ3) is 4.47. The van der Waals surface area contributed by atoms with Crippen LogP contribution >= 0.6 is 0 Å². The maximum absolute atomic E-state index is 12.2. The van der Waals surface area contributed by atoms with E-state index in [-0.39, 0.29) is 6.03 Å². The van der Waals surface area contributed by atoms with Crippen molar-refractivity contribution in [1.82, 2.24) is 25.0 Å². The molecule has 2 aliphatic rings. The van der Waals surface area contributed by atoms with Gasteiger partial charge in [-0.1, -0.05) is 19.8 Å². The monoisotopic (exact) mass is 335 g/mol. The summed E-state index contributed by atoms with van der Waals surface area (Å²) in [6.45, 7) is 4.98. The fourth-order valence-corrected chi connectivity index (χ4v) is 3.75. The second-order valence-corrected chi connectivity index (χ2v) is 7.00. The highest BCUT2D eigenvalue weighted by Gasteiger charge is 2.24.